The van der Waals surface area contributed by atoms with Gasteiger partial charge in [0.15, 0.2) is 0 Å². The van der Waals surface area contributed by atoms with Crippen molar-refractivity contribution < 1.29 is 14.3 Å². The Kier molecular flexibility index (Phi) is 3.61. The van der Waals surface area contributed by atoms with Gasteiger partial charge in [0.2, 0.25) is 0 Å². The fourth-order valence-electron chi connectivity index (χ4n) is 2.30. The lowest BCUT2D eigenvalue weighted by Gasteiger charge is -2.34. The molecule has 2 aliphatic rings. The second-order valence-electron chi connectivity index (χ2n) is 5.58. The first-order valence-electron chi connectivity index (χ1n) is 6.55. The summed E-state index contributed by atoms with van der Waals surface area (Å²) in [5.41, 5.74) is -0.159. The number of ether oxygens (including phenoxy) is 2. The number of rotatable bonds is 3. The van der Waals surface area contributed by atoms with E-state index in [0.29, 0.717) is 5.92 Å². The summed E-state index contributed by atoms with van der Waals surface area (Å²) >= 11 is 0. The number of methoxy groups -OCH3 is 1. The summed E-state index contributed by atoms with van der Waals surface area (Å²) in [6.07, 6.45) is 4.20. The average molecular weight is 241 g/mol. The molecule has 1 aliphatic heterocycles. The quantitative estimate of drug-likeness (QED) is 0.761. The molecule has 2 fully saturated rings. The molecule has 0 aromatic rings. The lowest BCUT2D eigenvalue weighted by Crippen LogP contribution is -2.42. The molecule has 1 saturated heterocycles. The SMILES string of the molecule is COC(C)C1CCN(C(=O)OC2(C)CC2)CC1. The molecule has 98 valence electrons. The third-order valence-corrected chi connectivity index (χ3v) is 4.12. The summed E-state index contributed by atoms with van der Waals surface area (Å²) in [5, 5.41) is 0. The van der Waals surface area contributed by atoms with Crippen LogP contribution in [0.4, 0.5) is 4.79 Å². The van der Waals surface area contributed by atoms with Crippen LogP contribution in [0.25, 0.3) is 0 Å². The van der Waals surface area contributed by atoms with E-state index in [4.69, 9.17) is 9.47 Å². The third-order valence-electron chi connectivity index (χ3n) is 4.12. The van der Waals surface area contributed by atoms with Crippen molar-refractivity contribution in [2.45, 2.75) is 51.2 Å². The summed E-state index contributed by atoms with van der Waals surface area (Å²) in [6.45, 7) is 5.70. The van der Waals surface area contributed by atoms with Crippen LogP contribution in [0.3, 0.4) is 0 Å². The Morgan fingerprint density at radius 3 is 2.41 bits per heavy atom. The lowest BCUT2D eigenvalue weighted by molar-refractivity contribution is 0.0184. The van der Waals surface area contributed by atoms with E-state index in [1.807, 2.05) is 11.8 Å². The fourth-order valence-corrected chi connectivity index (χ4v) is 2.30. The number of nitrogens with zero attached hydrogens (tertiary/aromatic N) is 1. The minimum Gasteiger partial charge on any atom is -0.443 e. The molecule has 0 bridgehead atoms. The minimum absolute atomic E-state index is 0.131. The van der Waals surface area contributed by atoms with Gasteiger partial charge >= 0.3 is 6.09 Å². The largest absolute Gasteiger partial charge is 0.443 e. The van der Waals surface area contributed by atoms with Crippen LogP contribution in [-0.2, 0) is 9.47 Å². The first-order valence-corrected chi connectivity index (χ1v) is 6.55. The number of carbonyl (C=O) groups excluding carboxylic acids is 1. The van der Waals surface area contributed by atoms with Gasteiger partial charge in [0.05, 0.1) is 6.10 Å². The van der Waals surface area contributed by atoms with Gasteiger partial charge in [-0.3, -0.25) is 0 Å². The number of amides is 1. The van der Waals surface area contributed by atoms with Gasteiger partial charge in [0.1, 0.15) is 5.60 Å². The van der Waals surface area contributed by atoms with Crippen molar-refractivity contribution in [3.8, 4) is 0 Å². The molecule has 1 heterocycles. The summed E-state index contributed by atoms with van der Waals surface area (Å²) < 4.78 is 10.8. The third kappa shape index (κ3) is 3.12. The minimum atomic E-state index is -0.159. The average Bonchev–Trinajstić information content (AvgIpc) is 3.06. The van der Waals surface area contributed by atoms with Crippen molar-refractivity contribution in [3.05, 3.63) is 0 Å². The molecule has 4 heteroatoms. The fraction of sp³-hybridized carbons (Fsp3) is 0.923. The molecule has 0 aromatic heterocycles. The second-order valence-corrected chi connectivity index (χ2v) is 5.58. The maximum atomic E-state index is 11.9. The van der Waals surface area contributed by atoms with Crippen LogP contribution in [0.1, 0.15) is 39.5 Å². The van der Waals surface area contributed by atoms with Gasteiger partial charge in [0.25, 0.3) is 0 Å². The molecule has 4 nitrogen and oxygen atoms in total. The van der Waals surface area contributed by atoms with E-state index >= 15 is 0 Å². The highest BCUT2D eigenvalue weighted by atomic mass is 16.6. The molecular formula is C13H23NO3. The zero-order valence-corrected chi connectivity index (χ0v) is 11.1. The van der Waals surface area contributed by atoms with Crippen molar-refractivity contribution in [3.63, 3.8) is 0 Å². The van der Waals surface area contributed by atoms with Crippen LogP contribution >= 0.6 is 0 Å². The summed E-state index contributed by atoms with van der Waals surface area (Å²) in [7, 11) is 1.75. The van der Waals surface area contributed by atoms with E-state index in [1.165, 1.54) is 0 Å². The van der Waals surface area contributed by atoms with E-state index in [0.717, 1.165) is 38.8 Å². The van der Waals surface area contributed by atoms with Crippen LogP contribution in [0.5, 0.6) is 0 Å². The topological polar surface area (TPSA) is 38.8 Å². The van der Waals surface area contributed by atoms with Crippen LogP contribution in [0.15, 0.2) is 0 Å². The highest BCUT2D eigenvalue weighted by Gasteiger charge is 2.43. The molecule has 1 amide bonds. The Balaban J connectivity index is 1.76. The summed E-state index contributed by atoms with van der Waals surface area (Å²) in [6, 6.07) is 0. The second kappa shape index (κ2) is 4.84. The van der Waals surface area contributed by atoms with E-state index < -0.39 is 0 Å². The van der Waals surface area contributed by atoms with E-state index in [2.05, 4.69) is 6.92 Å². The first kappa shape index (κ1) is 12.7. The smallest absolute Gasteiger partial charge is 0.410 e. The molecular weight excluding hydrogens is 218 g/mol. The van der Waals surface area contributed by atoms with E-state index in [9.17, 15) is 4.79 Å². The number of hydrogen-bond acceptors (Lipinski definition) is 3. The van der Waals surface area contributed by atoms with Gasteiger partial charge in [-0.2, -0.15) is 0 Å². The van der Waals surface area contributed by atoms with Crippen molar-refractivity contribution in [1.82, 2.24) is 4.90 Å². The van der Waals surface area contributed by atoms with Crippen molar-refractivity contribution in [2.75, 3.05) is 20.2 Å². The molecule has 0 N–H and O–H groups in total. The predicted molar refractivity (Wildman–Crippen MR) is 64.9 cm³/mol. The Morgan fingerprint density at radius 2 is 1.94 bits per heavy atom. The number of hydrogen-bond donors (Lipinski definition) is 0. The summed E-state index contributed by atoms with van der Waals surface area (Å²) in [4.78, 5) is 13.7. The zero-order chi connectivity index (χ0) is 12.5. The molecule has 2 rings (SSSR count). The highest BCUT2D eigenvalue weighted by Crippen LogP contribution is 2.39. The number of likely N-dealkylation sites (tertiary alicyclic amines) is 1. The molecule has 17 heavy (non-hydrogen) atoms. The van der Waals surface area contributed by atoms with E-state index in [-0.39, 0.29) is 17.8 Å². The highest BCUT2D eigenvalue weighted by molar-refractivity contribution is 5.68. The van der Waals surface area contributed by atoms with Gasteiger partial charge in [-0.1, -0.05) is 0 Å². The predicted octanol–water partition coefficient (Wildman–Crippen LogP) is 2.42. The molecule has 0 aromatic carbocycles. The Bertz CT molecular complexity index is 280. The zero-order valence-electron chi connectivity index (χ0n) is 11.1. The van der Waals surface area contributed by atoms with Crippen LogP contribution in [0.2, 0.25) is 0 Å². The van der Waals surface area contributed by atoms with Gasteiger partial charge in [0, 0.05) is 20.2 Å². The molecule has 1 atom stereocenters. The van der Waals surface area contributed by atoms with E-state index in [1.54, 1.807) is 7.11 Å². The standard InChI is InChI=1S/C13H23NO3/c1-10(16-3)11-4-8-14(9-5-11)12(15)17-13(2)6-7-13/h10-11H,4-9H2,1-3H3. The van der Waals surface area contributed by atoms with Crippen molar-refractivity contribution >= 4 is 6.09 Å². The maximum absolute atomic E-state index is 11.9. The normalized spacial score (nSPS) is 25.5. The van der Waals surface area contributed by atoms with Crippen molar-refractivity contribution in [2.24, 2.45) is 5.92 Å². The van der Waals surface area contributed by atoms with Crippen LogP contribution in [0, 0.1) is 5.92 Å². The van der Waals surface area contributed by atoms with Gasteiger partial charge < -0.3 is 14.4 Å². The Hall–Kier alpha value is -0.770. The monoisotopic (exact) mass is 241 g/mol. The number of carbonyl (C=O) groups is 1. The Morgan fingerprint density at radius 1 is 1.35 bits per heavy atom. The lowest BCUT2D eigenvalue weighted by atomic mass is 9.92. The molecule has 0 radical (unpaired) electrons. The van der Waals surface area contributed by atoms with Crippen LogP contribution in [-0.4, -0.2) is 42.9 Å². The molecule has 1 aliphatic carbocycles. The molecule has 1 saturated carbocycles. The molecule has 0 spiro atoms. The Labute approximate surface area is 103 Å². The van der Waals surface area contributed by atoms with Crippen LogP contribution < -0.4 is 0 Å². The van der Waals surface area contributed by atoms with Crippen molar-refractivity contribution in [1.29, 1.82) is 0 Å². The molecule has 1 unspecified atom stereocenters. The first-order chi connectivity index (χ1) is 8.04. The van der Waals surface area contributed by atoms with Gasteiger partial charge in [-0.15, -0.1) is 0 Å². The number of piperidine rings is 1. The summed E-state index contributed by atoms with van der Waals surface area (Å²) in [5.74, 6) is 0.570. The maximum Gasteiger partial charge on any atom is 0.410 e. The van der Waals surface area contributed by atoms with Gasteiger partial charge in [-0.05, 0) is 45.4 Å². The van der Waals surface area contributed by atoms with Gasteiger partial charge in [-0.25, -0.2) is 4.79 Å².